The van der Waals surface area contributed by atoms with Gasteiger partial charge < -0.3 is 10.6 Å². The molecule has 180 valence electrons. The third-order valence-electron chi connectivity index (χ3n) is 6.99. The third kappa shape index (κ3) is 5.99. The van der Waals surface area contributed by atoms with E-state index >= 15 is 0 Å². The van der Waals surface area contributed by atoms with Crippen molar-refractivity contribution in [2.24, 2.45) is 0 Å². The fourth-order valence-electron chi connectivity index (χ4n) is 4.61. The molecule has 2 aliphatic rings. The number of hydrogen-bond acceptors (Lipinski definition) is 6. The molecule has 3 aromatic rings. The molecule has 1 aliphatic carbocycles. The van der Waals surface area contributed by atoms with E-state index in [-0.39, 0.29) is 5.78 Å². The number of ketones is 1. The molecule has 2 aromatic carbocycles. The highest BCUT2D eigenvalue weighted by Crippen LogP contribution is 2.42. The number of carbonyl (C=O) groups excluding carboxylic acids is 1. The second kappa shape index (κ2) is 10.3. The van der Waals surface area contributed by atoms with Crippen molar-refractivity contribution in [3.63, 3.8) is 0 Å². The third-order valence-corrected chi connectivity index (χ3v) is 7.73. The van der Waals surface area contributed by atoms with Crippen molar-refractivity contribution in [2.45, 2.75) is 38.6 Å². The predicted octanol–water partition coefficient (Wildman–Crippen LogP) is 4.48. The number of nitrogen functional groups attached to an aromatic ring is 1. The quantitative estimate of drug-likeness (QED) is 0.413. The molecule has 5 nitrogen and oxygen atoms in total. The lowest BCUT2D eigenvalue weighted by molar-refractivity contribution is 0.0993. The molecule has 2 N–H and O–H groups in total. The standard InChI is InChI=1S/C29H32N4OS/c1-20-3-5-24(17-23(20)9-10-26-18-31-29(30)35-26)28(34)16-21-4-6-25(27(15-21)22-7-8-22)19-33-13-11-32(2)12-14-33/h3-6,15,17-18,22H,7-8,11-14,16,19H2,1-2H3,(H2,30,31). The lowest BCUT2D eigenvalue weighted by Gasteiger charge is -2.32. The molecule has 0 radical (unpaired) electrons. The smallest absolute Gasteiger partial charge is 0.181 e. The number of likely N-dealkylation sites (N-methyl/N-ethyl adjacent to an activating group) is 1. The summed E-state index contributed by atoms with van der Waals surface area (Å²) in [5.41, 5.74) is 12.3. The number of aryl methyl sites for hydroxylation is 1. The lowest BCUT2D eigenvalue weighted by atomic mass is 9.94. The van der Waals surface area contributed by atoms with E-state index in [1.54, 1.807) is 6.20 Å². The zero-order chi connectivity index (χ0) is 24.4. The fraction of sp³-hybridized carbons (Fsp3) is 0.379. The molecule has 0 unspecified atom stereocenters. The van der Waals surface area contributed by atoms with Gasteiger partial charge in [-0.15, -0.1) is 0 Å². The van der Waals surface area contributed by atoms with Crippen molar-refractivity contribution in [3.05, 3.63) is 80.9 Å². The van der Waals surface area contributed by atoms with Crippen LogP contribution in [0.15, 0.2) is 42.6 Å². The number of rotatable bonds is 6. The lowest BCUT2D eigenvalue weighted by Crippen LogP contribution is -2.44. The molecule has 2 fully saturated rings. The summed E-state index contributed by atoms with van der Waals surface area (Å²) in [5, 5.41) is 0.509. The van der Waals surface area contributed by atoms with Crippen molar-refractivity contribution in [2.75, 3.05) is 39.0 Å². The van der Waals surface area contributed by atoms with Gasteiger partial charge in [0, 0.05) is 50.3 Å². The number of hydrogen-bond donors (Lipinski definition) is 1. The van der Waals surface area contributed by atoms with Crippen molar-refractivity contribution < 1.29 is 4.79 Å². The molecule has 1 saturated carbocycles. The van der Waals surface area contributed by atoms with Gasteiger partial charge in [-0.05, 0) is 67.0 Å². The number of benzene rings is 2. The zero-order valence-corrected chi connectivity index (χ0v) is 21.3. The molecule has 0 atom stereocenters. The predicted molar refractivity (Wildman–Crippen MR) is 143 cm³/mol. The maximum atomic E-state index is 13.2. The van der Waals surface area contributed by atoms with Gasteiger partial charge in [-0.25, -0.2) is 4.98 Å². The number of nitrogens with zero attached hydrogens (tertiary/aromatic N) is 3. The first-order chi connectivity index (χ1) is 16.9. The van der Waals surface area contributed by atoms with E-state index in [1.807, 2.05) is 25.1 Å². The molecule has 1 saturated heterocycles. The highest BCUT2D eigenvalue weighted by molar-refractivity contribution is 7.15. The van der Waals surface area contributed by atoms with Crippen LogP contribution in [0.1, 0.15) is 61.8 Å². The largest absolute Gasteiger partial charge is 0.375 e. The Kier molecular flexibility index (Phi) is 7.01. The maximum absolute atomic E-state index is 13.2. The van der Waals surface area contributed by atoms with E-state index in [2.05, 4.69) is 51.9 Å². The second-order valence-corrected chi connectivity index (χ2v) is 10.9. The molecule has 1 aliphatic heterocycles. The van der Waals surface area contributed by atoms with Crippen molar-refractivity contribution in [3.8, 4) is 11.8 Å². The Morgan fingerprint density at radius 1 is 1.11 bits per heavy atom. The van der Waals surface area contributed by atoms with E-state index in [4.69, 9.17) is 5.73 Å². The summed E-state index contributed by atoms with van der Waals surface area (Å²) < 4.78 is 0. The van der Waals surface area contributed by atoms with Gasteiger partial charge in [0.15, 0.2) is 10.9 Å². The molecule has 2 heterocycles. The van der Waals surface area contributed by atoms with Gasteiger partial charge in [0.25, 0.3) is 0 Å². The van der Waals surface area contributed by atoms with E-state index < -0.39 is 0 Å². The monoisotopic (exact) mass is 484 g/mol. The molecule has 5 rings (SSSR count). The van der Waals surface area contributed by atoms with Crippen LogP contribution in [-0.4, -0.2) is 53.8 Å². The number of piperazine rings is 1. The van der Waals surface area contributed by atoms with Crippen LogP contribution in [0.3, 0.4) is 0 Å². The molecular weight excluding hydrogens is 452 g/mol. The van der Waals surface area contributed by atoms with E-state index in [9.17, 15) is 4.79 Å². The number of anilines is 1. The number of carbonyl (C=O) groups is 1. The second-order valence-electron chi connectivity index (χ2n) is 9.83. The molecule has 0 spiro atoms. The Balaban J connectivity index is 1.30. The van der Waals surface area contributed by atoms with Gasteiger partial charge in [0.05, 0.1) is 11.1 Å². The zero-order valence-electron chi connectivity index (χ0n) is 20.5. The maximum Gasteiger partial charge on any atom is 0.181 e. The Morgan fingerprint density at radius 2 is 1.91 bits per heavy atom. The van der Waals surface area contributed by atoms with Crippen molar-refractivity contribution >= 4 is 22.3 Å². The summed E-state index contributed by atoms with van der Waals surface area (Å²) in [6.45, 7) is 7.53. The van der Waals surface area contributed by atoms with Crippen LogP contribution in [0.5, 0.6) is 0 Å². The van der Waals surface area contributed by atoms with Crippen LogP contribution in [0.25, 0.3) is 0 Å². The summed E-state index contributed by atoms with van der Waals surface area (Å²) in [6.07, 6.45) is 4.62. The Bertz CT molecular complexity index is 1290. The average Bonchev–Trinajstić information content (AvgIpc) is 3.61. The summed E-state index contributed by atoms with van der Waals surface area (Å²) in [6, 6.07) is 12.5. The van der Waals surface area contributed by atoms with Gasteiger partial charge in [-0.2, -0.15) is 0 Å². The minimum absolute atomic E-state index is 0.128. The van der Waals surface area contributed by atoms with Crippen molar-refractivity contribution in [1.82, 2.24) is 14.8 Å². The average molecular weight is 485 g/mol. The summed E-state index contributed by atoms with van der Waals surface area (Å²) in [7, 11) is 2.19. The fourth-order valence-corrected chi connectivity index (χ4v) is 5.15. The molecular formula is C29H32N4OS. The normalized spacial score (nSPS) is 16.6. The van der Waals surface area contributed by atoms with E-state index in [1.165, 1.54) is 35.3 Å². The molecule has 1 aromatic heterocycles. The Hall–Kier alpha value is -2.98. The molecule has 0 amide bonds. The van der Waals surface area contributed by atoms with Gasteiger partial charge in [0.1, 0.15) is 0 Å². The highest BCUT2D eigenvalue weighted by Gasteiger charge is 2.27. The number of aromatic nitrogens is 1. The molecule has 35 heavy (non-hydrogen) atoms. The summed E-state index contributed by atoms with van der Waals surface area (Å²) >= 11 is 1.37. The number of Topliss-reactive ketones (excluding diaryl/α,β-unsaturated/α-hetero) is 1. The SMILES string of the molecule is Cc1ccc(C(=O)Cc2ccc(CN3CCN(C)CC3)c(C3CC3)c2)cc1C#Cc1cnc(N)s1. The van der Waals surface area contributed by atoms with E-state index in [0.29, 0.717) is 23.0 Å². The van der Waals surface area contributed by atoms with Gasteiger partial charge in [-0.3, -0.25) is 9.69 Å². The van der Waals surface area contributed by atoms with E-state index in [0.717, 1.165) is 54.3 Å². The van der Waals surface area contributed by atoms with Crippen LogP contribution in [-0.2, 0) is 13.0 Å². The summed E-state index contributed by atoms with van der Waals surface area (Å²) in [4.78, 5) is 23.0. The Morgan fingerprint density at radius 3 is 2.63 bits per heavy atom. The number of thiazole rings is 1. The van der Waals surface area contributed by atoms with Gasteiger partial charge in [0.2, 0.25) is 0 Å². The number of nitrogens with two attached hydrogens (primary N) is 1. The van der Waals surface area contributed by atoms with Crippen LogP contribution in [0, 0.1) is 18.8 Å². The van der Waals surface area contributed by atoms with Gasteiger partial charge in [-0.1, -0.05) is 47.6 Å². The summed E-state index contributed by atoms with van der Waals surface area (Å²) in [5.74, 6) is 7.09. The Labute approximate surface area is 212 Å². The minimum Gasteiger partial charge on any atom is -0.375 e. The molecule has 6 heteroatoms. The van der Waals surface area contributed by atoms with Crippen molar-refractivity contribution in [1.29, 1.82) is 0 Å². The molecule has 0 bridgehead atoms. The van der Waals surface area contributed by atoms with Crippen LogP contribution < -0.4 is 5.73 Å². The topological polar surface area (TPSA) is 62.5 Å². The van der Waals surface area contributed by atoms with Crippen LogP contribution in [0.4, 0.5) is 5.13 Å². The van der Waals surface area contributed by atoms with Crippen LogP contribution >= 0.6 is 11.3 Å². The van der Waals surface area contributed by atoms with Crippen LogP contribution in [0.2, 0.25) is 0 Å². The first-order valence-corrected chi connectivity index (χ1v) is 13.2. The highest BCUT2D eigenvalue weighted by atomic mass is 32.1. The van der Waals surface area contributed by atoms with Gasteiger partial charge >= 0.3 is 0 Å². The first kappa shape index (κ1) is 23.7. The minimum atomic E-state index is 0.128. The first-order valence-electron chi connectivity index (χ1n) is 12.3.